The van der Waals surface area contributed by atoms with E-state index in [1.807, 2.05) is 37.3 Å². The Bertz CT molecular complexity index is 543. The highest BCUT2D eigenvalue weighted by molar-refractivity contribution is 9.10. The molecular formula is C13H11BrCl2N2. The first-order valence-corrected chi connectivity index (χ1v) is 6.94. The summed E-state index contributed by atoms with van der Waals surface area (Å²) >= 11 is 15.3. The van der Waals surface area contributed by atoms with Gasteiger partial charge in [0.25, 0.3) is 0 Å². The number of hydrogen-bond donors (Lipinski definition) is 1. The molecule has 0 aliphatic heterocycles. The summed E-state index contributed by atoms with van der Waals surface area (Å²) in [5, 5.41) is 4.58. The van der Waals surface area contributed by atoms with E-state index in [-0.39, 0.29) is 6.04 Å². The van der Waals surface area contributed by atoms with E-state index in [9.17, 15) is 0 Å². The average Bonchev–Trinajstić information content (AvgIpc) is 2.33. The van der Waals surface area contributed by atoms with Gasteiger partial charge in [0.2, 0.25) is 0 Å². The third kappa shape index (κ3) is 3.37. The highest BCUT2D eigenvalue weighted by atomic mass is 79.9. The van der Waals surface area contributed by atoms with Crippen LogP contribution in [0, 0.1) is 0 Å². The summed E-state index contributed by atoms with van der Waals surface area (Å²) in [5.41, 5.74) is 1.13. The molecule has 2 nitrogen and oxygen atoms in total. The Morgan fingerprint density at radius 1 is 1.22 bits per heavy atom. The zero-order chi connectivity index (χ0) is 13.1. The minimum absolute atomic E-state index is 0.105. The topological polar surface area (TPSA) is 24.9 Å². The third-order valence-corrected chi connectivity index (χ3v) is 3.50. The molecule has 1 aromatic heterocycles. The number of nitrogens with one attached hydrogen (secondary N) is 1. The molecule has 0 spiro atoms. The fourth-order valence-corrected chi connectivity index (χ4v) is 2.37. The molecule has 1 N–H and O–H groups in total. The van der Waals surface area contributed by atoms with Gasteiger partial charge in [-0.05, 0) is 46.6 Å². The van der Waals surface area contributed by atoms with E-state index in [1.54, 1.807) is 6.20 Å². The van der Waals surface area contributed by atoms with Crippen LogP contribution in [0.3, 0.4) is 0 Å². The first kappa shape index (κ1) is 13.7. The first-order chi connectivity index (χ1) is 8.56. The summed E-state index contributed by atoms with van der Waals surface area (Å²) in [5.74, 6) is 0.669. The summed E-state index contributed by atoms with van der Waals surface area (Å²) in [6.45, 7) is 2.04. The SMILES string of the molecule is CC(Nc1ncc(Br)cc1Cl)c1ccc(Cl)cc1. The normalized spacial score (nSPS) is 12.2. The monoisotopic (exact) mass is 344 g/mol. The predicted molar refractivity (Wildman–Crippen MR) is 80.4 cm³/mol. The van der Waals surface area contributed by atoms with Crippen molar-refractivity contribution in [3.63, 3.8) is 0 Å². The van der Waals surface area contributed by atoms with Gasteiger partial charge >= 0.3 is 0 Å². The molecule has 1 atom stereocenters. The van der Waals surface area contributed by atoms with Gasteiger partial charge in [-0.2, -0.15) is 0 Å². The second-order valence-electron chi connectivity index (χ2n) is 3.90. The maximum atomic E-state index is 6.11. The molecule has 0 saturated heterocycles. The molecular weight excluding hydrogens is 335 g/mol. The number of halogens is 3. The number of pyridine rings is 1. The highest BCUT2D eigenvalue weighted by Gasteiger charge is 2.09. The zero-order valence-electron chi connectivity index (χ0n) is 9.62. The Labute approximate surface area is 124 Å². The van der Waals surface area contributed by atoms with Gasteiger partial charge in [-0.15, -0.1) is 0 Å². The molecule has 2 aromatic rings. The third-order valence-electron chi connectivity index (χ3n) is 2.53. The van der Waals surface area contributed by atoms with Crippen LogP contribution in [0.5, 0.6) is 0 Å². The summed E-state index contributed by atoms with van der Waals surface area (Å²) in [4.78, 5) is 4.24. The molecule has 94 valence electrons. The molecule has 0 radical (unpaired) electrons. The van der Waals surface area contributed by atoms with Crippen LogP contribution in [0.1, 0.15) is 18.5 Å². The van der Waals surface area contributed by atoms with E-state index in [1.165, 1.54) is 0 Å². The van der Waals surface area contributed by atoms with Crippen LogP contribution < -0.4 is 5.32 Å². The lowest BCUT2D eigenvalue weighted by Gasteiger charge is -2.16. The number of rotatable bonds is 3. The molecule has 18 heavy (non-hydrogen) atoms. The lowest BCUT2D eigenvalue weighted by molar-refractivity contribution is 0.874. The lowest BCUT2D eigenvalue weighted by atomic mass is 10.1. The molecule has 2 rings (SSSR count). The van der Waals surface area contributed by atoms with E-state index in [4.69, 9.17) is 23.2 Å². The Morgan fingerprint density at radius 3 is 2.50 bits per heavy atom. The van der Waals surface area contributed by atoms with Gasteiger partial charge in [-0.3, -0.25) is 0 Å². The number of hydrogen-bond acceptors (Lipinski definition) is 2. The van der Waals surface area contributed by atoms with Crippen LogP contribution in [-0.4, -0.2) is 4.98 Å². The number of nitrogens with zero attached hydrogens (tertiary/aromatic N) is 1. The number of anilines is 1. The molecule has 1 aromatic carbocycles. The van der Waals surface area contributed by atoms with E-state index in [2.05, 4.69) is 26.2 Å². The van der Waals surface area contributed by atoms with E-state index in [0.717, 1.165) is 15.1 Å². The van der Waals surface area contributed by atoms with Crippen LogP contribution in [0.2, 0.25) is 10.0 Å². The molecule has 1 unspecified atom stereocenters. The Balaban J connectivity index is 2.15. The molecule has 0 fully saturated rings. The van der Waals surface area contributed by atoms with Crippen LogP contribution in [0.25, 0.3) is 0 Å². The van der Waals surface area contributed by atoms with Crippen LogP contribution in [0.4, 0.5) is 5.82 Å². The van der Waals surface area contributed by atoms with Crippen LogP contribution in [0.15, 0.2) is 41.0 Å². The van der Waals surface area contributed by atoms with E-state index in [0.29, 0.717) is 10.8 Å². The summed E-state index contributed by atoms with van der Waals surface area (Å²) in [6, 6.07) is 9.61. The van der Waals surface area contributed by atoms with Gasteiger partial charge in [0, 0.05) is 21.7 Å². The maximum absolute atomic E-state index is 6.11. The predicted octanol–water partition coefficient (Wildman–Crippen LogP) is 5.32. The smallest absolute Gasteiger partial charge is 0.145 e. The standard InChI is InChI=1S/C13H11BrCl2N2/c1-8(9-2-4-11(15)5-3-9)18-13-12(16)6-10(14)7-17-13/h2-8H,1H3,(H,17,18). The van der Waals surface area contributed by atoms with Crippen LogP contribution in [-0.2, 0) is 0 Å². The van der Waals surface area contributed by atoms with Crippen molar-refractivity contribution >= 4 is 44.9 Å². The van der Waals surface area contributed by atoms with Crippen LogP contribution >= 0.6 is 39.1 Å². The lowest BCUT2D eigenvalue weighted by Crippen LogP contribution is -2.08. The van der Waals surface area contributed by atoms with Gasteiger partial charge < -0.3 is 5.32 Å². The maximum Gasteiger partial charge on any atom is 0.145 e. The van der Waals surface area contributed by atoms with Crippen molar-refractivity contribution in [2.75, 3.05) is 5.32 Å². The van der Waals surface area contributed by atoms with Crippen molar-refractivity contribution in [1.82, 2.24) is 4.98 Å². The number of aromatic nitrogens is 1. The van der Waals surface area contributed by atoms with Gasteiger partial charge in [-0.1, -0.05) is 35.3 Å². The Kier molecular flexibility index (Phi) is 4.49. The molecule has 0 aliphatic carbocycles. The molecule has 0 saturated carbocycles. The summed E-state index contributed by atoms with van der Waals surface area (Å²) < 4.78 is 0.859. The van der Waals surface area contributed by atoms with Crippen molar-refractivity contribution in [2.24, 2.45) is 0 Å². The minimum Gasteiger partial charge on any atom is -0.362 e. The fourth-order valence-electron chi connectivity index (χ4n) is 1.56. The quantitative estimate of drug-likeness (QED) is 0.813. The molecule has 5 heteroatoms. The zero-order valence-corrected chi connectivity index (χ0v) is 12.7. The first-order valence-electron chi connectivity index (χ1n) is 5.39. The number of benzene rings is 1. The van der Waals surface area contributed by atoms with E-state index < -0.39 is 0 Å². The highest BCUT2D eigenvalue weighted by Crippen LogP contribution is 2.26. The van der Waals surface area contributed by atoms with Crippen molar-refractivity contribution < 1.29 is 0 Å². The van der Waals surface area contributed by atoms with Gasteiger partial charge in [0.1, 0.15) is 5.82 Å². The largest absolute Gasteiger partial charge is 0.362 e. The van der Waals surface area contributed by atoms with Crippen molar-refractivity contribution in [3.8, 4) is 0 Å². The van der Waals surface area contributed by atoms with Crippen molar-refractivity contribution in [1.29, 1.82) is 0 Å². The van der Waals surface area contributed by atoms with Gasteiger partial charge in [-0.25, -0.2) is 4.98 Å². The molecule has 1 heterocycles. The minimum atomic E-state index is 0.105. The molecule has 0 amide bonds. The Hall–Kier alpha value is -0.770. The van der Waals surface area contributed by atoms with Crippen molar-refractivity contribution in [3.05, 3.63) is 56.6 Å². The molecule has 0 aliphatic rings. The molecule has 0 bridgehead atoms. The second-order valence-corrected chi connectivity index (χ2v) is 5.66. The Morgan fingerprint density at radius 2 is 1.89 bits per heavy atom. The fraction of sp³-hybridized carbons (Fsp3) is 0.154. The van der Waals surface area contributed by atoms with Gasteiger partial charge in [0.05, 0.1) is 5.02 Å². The second kappa shape index (κ2) is 5.91. The van der Waals surface area contributed by atoms with Gasteiger partial charge in [0.15, 0.2) is 0 Å². The van der Waals surface area contributed by atoms with Crippen molar-refractivity contribution in [2.45, 2.75) is 13.0 Å². The summed E-state index contributed by atoms with van der Waals surface area (Å²) in [6.07, 6.45) is 1.71. The average molecular weight is 346 g/mol. The van der Waals surface area contributed by atoms with E-state index >= 15 is 0 Å². The summed E-state index contributed by atoms with van der Waals surface area (Å²) in [7, 11) is 0.